The van der Waals surface area contributed by atoms with E-state index in [0.717, 1.165) is 5.56 Å². The fourth-order valence-corrected chi connectivity index (χ4v) is 2.11. The zero-order valence-electron chi connectivity index (χ0n) is 13.5. The molecule has 1 rings (SSSR count). The monoisotopic (exact) mass is 307 g/mol. The quantitative estimate of drug-likeness (QED) is 0.749. The smallest absolute Gasteiger partial charge is 0.407 e. The van der Waals surface area contributed by atoms with E-state index in [9.17, 15) is 9.59 Å². The molecule has 0 saturated heterocycles. The van der Waals surface area contributed by atoms with Gasteiger partial charge in [0.1, 0.15) is 6.61 Å². The molecule has 1 aromatic carbocycles. The highest BCUT2D eigenvalue weighted by Gasteiger charge is 2.19. The van der Waals surface area contributed by atoms with Crippen molar-refractivity contribution in [2.75, 3.05) is 6.61 Å². The highest BCUT2D eigenvalue weighted by atomic mass is 16.5. The maximum Gasteiger partial charge on any atom is 0.407 e. The third kappa shape index (κ3) is 7.67. The van der Waals surface area contributed by atoms with Crippen molar-refractivity contribution in [1.82, 2.24) is 5.32 Å². The van der Waals surface area contributed by atoms with Crippen LogP contribution in [-0.2, 0) is 20.9 Å². The van der Waals surface area contributed by atoms with Crippen LogP contribution in [0.1, 0.15) is 39.2 Å². The number of benzene rings is 1. The van der Waals surface area contributed by atoms with Crippen LogP contribution in [0.4, 0.5) is 4.79 Å². The summed E-state index contributed by atoms with van der Waals surface area (Å²) >= 11 is 0. The van der Waals surface area contributed by atoms with Gasteiger partial charge in [-0.1, -0.05) is 44.2 Å². The number of ether oxygens (including phenoxy) is 2. The Balaban J connectivity index is 2.45. The lowest BCUT2D eigenvalue weighted by atomic mass is 10.0. The van der Waals surface area contributed by atoms with Crippen LogP contribution in [0.3, 0.4) is 0 Å². The van der Waals surface area contributed by atoms with E-state index in [-0.39, 0.29) is 25.0 Å². The summed E-state index contributed by atoms with van der Waals surface area (Å²) in [4.78, 5) is 23.4. The summed E-state index contributed by atoms with van der Waals surface area (Å²) in [5, 5.41) is 2.75. The van der Waals surface area contributed by atoms with Gasteiger partial charge < -0.3 is 14.8 Å². The Bertz CT molecular complexity index is 459. The summed E-state index contributed by atoms with van der Waals surface area (Å²) in [7, 11) is 0. The average Bonchev–Trinajstić information content (AvgIpc) is 2.45. The standard InChI is InChI=1S/C17H25NO4/c1-4-21-16(19)11-15(10-13(2)3)18-17(20)22-12-14-8-6-5-7-9-14/h5-9,13,15H,4,10-12H2,1-3H3,(H,18,20). The lowest BCUT2D eigenvalue weighted by Gasteiger charge is -2.19. The van der Waals surface area contributed by atoms with E-state index >= 15 is 0 Å². The van der Waals surface area contributed by atoms with Gasteiger partial charge in [-0.15, -0.1) is 0 Å². The third-order valence-electron chi connectivity index (χ3n) is 3.01. The van der Waals surface area contributed by atoms with Crippen molar-refractivity contribution < 1.29 is 19.1 Å². The van der Waals surface area contributed by atoms with Gasteiger partial charge in [-0.2, -0.15) is 0 Å². The van der Waals surface area contributed by atoms with Gasteiger partial charge in [0.05, 0.1) is 13.0 Å². The molecule has 0 heterocycles. The zero-order chi connectivity index (χ0) is 16.4. The van der Waals surface area contributed by atoms with Gasteiger partial charge in [0, 0.05) is 6.04 Å². The SMILES string of the molecule is CCOC(=O)CC(CC(C)C)NC(=O)OCc1ccccc1. The second kappa shape index (κ2) is 9.82. The predicted octanol–water partition coefficient (Wildman–Crippen LogP) is 3.28. The molecule has 1 amide bonds. The van der Waals surface area contributed by atoms with Gasteiger partial charge in [0.2, 0.25) is 0 Å². The molecule has 1 unspecified atom stereocenters. The number of carbonyl (C=O) groups is 2. The fraction of sp³-hybridized carbons (Fsp3) is 0.529. The molecule has 0 fully saturated rings. The van der Waals surface area contributed by atoms with Gasteiger partial charge >= 0.3 is 12.1 Å². The molecule has 0 saturated carbocycles. The van der Waals surface area contributed by atoms with Crippen LogP contribution in [0.15, 0.2) is 30.3 Å². The molecule has 0 aromatic heterocycles. The second-order valence-electron chi connectivity index (χ2n) is 5.54. The molecule has 0 aliphatic carbocycles. The number of nitrogens with one attached hydrogen (secondary N) is 1. The Labute approximate surface area is 132 Å². The number of esters is 1. The minimum Gasteiger partial charge on any atom is -0.466 e. The minimum absolute atomic E-state index is 0.159. The normalized spacial score (nSPS) is 11.8. The number of hydrogen-bond acceptors (Lipinski definition) is 4. The first-order valence-electron chi connectivity index (χ1n) is 7.64. The molecule has 22 heavy (non-hydrogen) atoms. The maximum absolute atomic E-state index is 11.9. The summed E-state index contributed by atoms with van der Waals surface area (Å²) in [6, 6.07) is 9.18. The van der Waals surface area contributed by atoms with Crippen molar-refractivity contribution in [3.63, 3.8) is 0 Å². The largest absolute Gasteiger partial charge is 0.466 e. The first kappa shape index (κ1) is 18.0. The van der Waals surface area contributed by atoms with Gasteiger partial charge in [-0.3, -0.25) is 4.79 Å². The van der Waals surface area contributed by atoms with Crippen molar-refractivity contribution in [2.45, 2.75) is 46.3 Å². The van der Waals surface area contributed by atoms with E-state index in [0.29, 0.717) is 18.9 Å². The van der Waals surface area contributed by atoms with E-state index in [2.05, 4.69) is 5.32 Å². The van der Waals surface area contributed by atoms with E-state index < -0.39 is 6.09 Å². The lowest BCUT2D eigenvalue weighted by Crippen LogP contribution is -2.38. The number of amides is 1. The van der Waals surface area contributed by atoms with Crippen LogP contribution < -0.4 is 5.32 Å². The molecule has 1 atom stereocenters. The van der Waals surface area contributed by atoms with Gasteiger partial charge in [0.25, 0.3) is 0 Å². The van der Waals surface area contributed by atoms with Gasteiger partial charge in [-0.25, -0.2) is 4.79 Å². The molecule has 1 aromatic rings. The Morgan fingerprint density at radius 2 is 1.82 bits per heavy atom. The van der Waals surface area contributed by atoms with Crippen LogP contribution >= 0.6 is 0 Å². The van der Waals surface area contributed by atoms with E-state index in [4.69, 9.17) is 9.47 Å². The summed E-state index contributed by atoms with van der Waals surface area (Å²) in [5.41, 5.74) is 0.920. The highest BCUT2D eigenvalue weighted by molar-refractivity contribution is 5.72. The predicted molar refractivity (Wildman–Crippen MR) is 84.3 cm³/mol. The highest BCUT2D eigenvalue weighted by Crippen LogP contribution is 2.10. The fourth-order valence-electron chi connectivity index (χ4n) is 2.11. The molecular weight excluding hydrogens is 282 g/mol. The average molecular weight is 307 g/mol. The van der Waals surface area contributed by atoms with Crippen molar-refractivity contribution in [2.24, 2.45) is 5.92 Å². The van der Waals surface area contributed by atoms with Crippen molar-refractivity contribution in [3.8, 4) is 0 Å². The Morgan fingerprint density at radius 3 is 2.41 bits per heavy atom. The number of rotatable bonds is 8. The van der Waals surface area contributed by atoms with Gasteiger partial charge in [0.15, 0.2) is 0 Å². The van der Waals surface area contributed by atoms with Crippen LogP contribution in [-0.4, -0.2) is 24.7 Å². The van der Waals surface area contributed by atoms with E-state index in [1.807, 2.05) is 44.2 Å². The summed E-state index contributed by atoms with van der Waals surface area (Å²) in [6.45, 7) is 6.38. The third-order valence-corrected chi connectivity index (χ3v) is 3.01. The molecule has 5 nitrogen and oxygen atoms in total. The number of hydrogen-bond donors (Lipinski definition) is 1. The topological polar surface area (TPSA) is 64.6 Å². The first-order chi connectivity index (χ1) is 10.5. The van der Waals surface area contributed by atoms with Crippen molar-refractivity contribution in [3.05, 3.63) is 35.9 Å². The van der Waals surface area contributed by atoms with Crippen LogP contribution in [0, 0.1) is 5.92 Å². The van der Waals surface area contributed by atoms with Crippen LogP contribution in [0.2, 0.25) is 0 Å². The molecule has 0 bridgehead atoms. The number of carbonyl (C=O) groups excluding carboxylic acids is 2. The molecule has 0 radical (unpaired) electrons. The summed E-state index contributed by atoms with van der Waals surface area (Å²) < 4.78 is 10.1. The zero-order valence-corrected chi connectivity index (χ0v) is 13.5. The number of alkyl carbamates (subject to hydrolysis) is 1. The Hall–Kier alpha value is -2.04. The first-order valence-corrected chi connectivity index (χ1v) is 7.64. The molecule has 122 valence electrons. The molecule has 1 N–H and O–H groups in total. The van der Waals surface area contributed by atoms with Crippen LogP contribution in [0.5, 0.6) is 0 Å². The second-order valence-corrected chi connectivity index (χ2v) is 5.54. The minimum atomic E-state index is -0.515. The Kier molecular flexibility index (Phi) is 8.04. The maximum atomic E-state index is 11.9. The lowest BCUT2D eigenvalue weighted by molar-refractivity contribution is -0.143. The van der Waals surface area contributed by atoms with Crippen molar-refractivity contribution >= 4 is 12.1 Å². The van der Waals surface area contributed by atoms with Crippen LogP contribution in [0.25, 0.3) is 0 Å². The Morgan fingerprint density at radius 1 is 1.14 bits per heavy atom. The van der Waals surface area contributed by atoms with E-state index in [1.54, 1.807) is 6.92 Å². The van der Waals surface area contributed by atoms with Gasteiger partial charge in [-0.05, 0) is 24.8 Å². The molecule has 0 aliphatic heterocycles. The molecular formula is C17H25NO4. The summed E-state index contributed by atoms with van der Waals surface area (Å²) in [6.07, 6.45) is 0.338. The molecule has 0 aliphatic rings. The van der Waals surface area contributed by atoms with E-state index in [1.165, 1.54) is 0 Å². The molecule has 0 spiro atoms. The molecule has 5 heteroatoms. The van der Waals surface area contributed by atoms with Crippen molar-refractivity contribution in [1.29, 1.82) is 0 Å². The summed E-state index contributed by atoms with van der Waals surface area (Å²) in [5.74, 6) is 0.0466.